The molecule has 0 aromatic heterocycles. The lowest BCUT2D eigenvalue weighted by molar-refractivity contribution is -0.143. The lowest BCUT2D eigenvalue weighted by Gasteiger charge is -2.39. The van der Waals surface area contributed by atoms with Gasteiger partial charge in [0.25, 0.3) is 5.91 Å². The Balaban J connectivity index is 2.64. The summed E-state index contributed by atoms with van der Waals surface area (Å²) in [4.78, 5) is 43.0. The van der Waals surface area contributed by atoms with Crippen LogP contribution in [0.1, 0.15) is 75.8 Å². The number of nitrogens with one attached hydrogen (secondary N) is 2. The predicted octanol–water partition coefficient (Wildman–Crippen LogP) is 7.22. The molecule has 40 heavy (non-hydrogen) atoms. The number of anilines is 1. The molecule has 7 nitrogen and oxygen atoms in total. The molecule has 0 aliphatic heterocycles. The highest BCUT2D eigenvalue weighted by molar-refractivity contribution is 7.98. The zero-order valence-corrected chi connectivity index (χ0v) is 26.8. The Morgan fingerprint density at radius 3 is 2.30 bits per heavy atom. The van der Waals surface area contributed by atoms with Crippen molar-refractivity contribution in [3.05, 3.63) is 63.7 Å². The maximum absolute atomic E-state index is 14.4. The first kappa shape index (κ1) is 33.5. The zero-order chi connectivity index (χ0) is 30.2. The Labute approximate surface area is 248 Å². The molecule has 2 rings (SSSR count). The second-order valence-electron chi connectivity index (χ2n) is 11.2. The topological polar surface area (TPSA) is 87.7 Å². The molecular formula is C31H44ClN3O4S. The van der Waals surface area contributed by atoms with Crippen LogP contribution in [0.15, 0.2) is 36.4 Å². The van der Waals surface area contributed by atoms with Gasteiger partial charge >= 0.3 is 6.09 Å². The molecule has 3 amide bonds. The minimum atomic E-state index is -0.962. The molecule has 2 aromatic rings. The predicted molar refractivity (Wildman–Crippen MR) is 166 cm³/mol. The number of aryl methyl sites for hydroxylation is 3. The number of benzene rings is 2. The van der Waals surface area contributed by atoms with Crippen molar-refractivity contribution in [3.8, 4) is 0 Å². The highest BCUT2D eigenvalue weighted by Crippen LogP contribution is 2.32. The number of thioether (sulfide) groups is 1. The van der Waals surface area contributed by atoms with Gasteiger partial charge in [-0.15, -0.1) is 0 Å². The number of amides is 3. The fraction of sp³-hybridized carbons (Fsp3) is 0.516. The van der Waals surface area contributed by atoms with E-state index in [1.165, 1.54) is 0 Å². The van der Waals surface area contributed by atoms with E-state index in [4.69, 9.17) is 16.3 Å². The van der Waals surface area contributed by atoms with E-state index in [-0.39, 0.29) is 17.9 Å². The van der Waals surface area contributed by atoms with Crippen LogP contribution in [0.25, 0.3) is 0 Å². The van der Waals surface area contributed by atoms with Gasteiger partial charge in [0.05, 0.1) is 10.7 Å². The van der Waals surface area contributed by atoms with Crippen molar-refractivity contribution in [1.29, 1.82) is 0 Å². The smallest absolute Gasteiger partial charge is 0.408 e. The summed E-state index contributed by atoms with van der Waals surface area (Å²) in [5, 5.41) is 6.21. The van der Waals surface area contributed by atoms with E-state index in [9.17, 15) is 14.4 Å². The van der Waals surface area contributed by atoms with Crippen LogP contribution in [-0.4, -0.2) is 52.5 Å². The molecule has 0 heterocycles. The number of carbonyl (C=O) groups is 3. The molecule has 0 saturated heterocycles. The molecule has 0 aliphatic carbocycles. The maximum Gasteiger partial charge on any atom is 0.408 e. The fourth-order valence-corrected chi connectivity index (χ4v) is 5.19. The summed E-state index contributed by atoms with van der Waals surface area (Å²) in [6, 6.07) is 9.10. The van der Waals surface area contributed by atoms with Gasteiger partial charge in [-0.1, -0.05) is 54.4 Å². The van der Waals surface area contributed by atoms with Gasteiger partial charge in [0.1, 0.15) is 17.7 Å². The normalized spacial score (nSPS) is 13.7. The highest BCUT2D eigenvalue weighted by atomic mass is 35.5. The molecule has 0 bridgehead atoms. The number of rotatable bonds is 11. The largest absolute Gasteiger partial charge is 0.444 e. The van der Waals surface area contributed by atoms with Gasteiger partial charge in [0, 0.05) is 6.04 Å². The monoisotopic (exact) mass is 589 g/mol. The molecule has 0 radical (unpaired) electrons. The molecule has 2 N–H and O–H groups in total. The van der Waals surface area contributed by atoms with Crippen molar-refractivity contribution < 1.29 is 19.1 Å². The third kappa shape index (κ3) is 9.16. The molecule has 9 heteroatoms. The van der Waals surface area contributed by atoms with Gasteiger partial charge in [-0.2, -0.15) is 11.8 Å². The summed E-state index contributed by atoms with van der Waals surface area (Å²) in [5.74, 6) is -0.0808. The van der Waals surface area contributed by atoms with E-state index in [1.54, 1.807) is 43.5 Å². The average Bonchev–Trinajstić information content (AvgIpc) is 2.86. The Morgan fingerprint density at radius 1 is 1.07 bits per heavy atom. The lowest BCUT2D eigenvalue weighted by Crippen LogP contribution is -2.55. The van der Waals surface area contributed by atoms with Crippen molar-refractivity contribution in [3.63, 3.8) is 0 Å². The van der Waals surface area contributed by atoms with Gasteiger partial charge in [-0.05, 0) is 96.1 Å². The van der Waals surface area contributed by atoms with Gasteiger partial charge < -0.3 is 20.3 Å². The first-order valence-corrected chi connectivity index (χ1v) is 15.4. The average molecular weight is 590 g/mol. The molecule has 0 spiro atoms. The summed E-state index contributed by atoms with van der Waals surface area (Å²) < 4.78 is 5.47. The van der Waals surface area contributed by atoms with Crippen molar-refractivity contribution in [1.82, 2.24) is 10.2 Å². The summed E-state index contributed by atoms with van der Waals surface area (Å²) in [5.41, 5.74) is 3.24. The van der Waals surface area contributed by atoms with Crippen LogP contribution in [0.2, 0.25) is 5.02 Å². The molecule has 220 valence electrons. The number of nitrogens with zero attached hydrogens (tertiary/aromatic N) is 1. The molecular weight excluding hydrogens is 546 g/mol. The van der Waals surface area contributed by atoms with Crippen LogP contribution < -0.4 is 10.6 Å². The summed E-state index contributed by atoms with van der Waals surface area (Å²) in [6.45, 7) is 15.0. The number of carbonyl (C=O) groups excluding carboxylic acids is 3. The summed E-state index contributed by atoms with van der Waals surface area (Å²) in [7, 11) is 0. The van der Waals surface area contributed by atoms with E-state index in [0.29, 0.717) is 34.9 Å². The van der Waals surface area contributed by atoms with Gasteiger partial charge in [0.2, 0.25) is 5.91 Å². The number of alkyl carbamates (subject to hydrolysis) is 1. The number of hydrogen-bond acceptors (Lipinski definition) is 5. The van der Waals surface area contributed by atoms with E-state index < -0.39 is 23.8 Å². The van der Waals surface area contributed by atoms with Crippen molar-refractivity contribution in [2.75, 3.05) is 17.3 Å². The minimum absolute atomic E-state index is 0.312. The van der Waals surface area contributed by atoms with Gasteiger partial charge in [-0.3, -0.25) is 9.59 Å². The standard InChI is InChI=1S/C31H44ClN3O4S/c1-10-22(5)35(29(37)25(16-17-40-9)33-30(38)39-31(6,7)8)27(23-15-14-19(2)18-21(23)4)28(36)34-26-20(3)12-11-13-24(26)32/h11-15,18,22,25,27H,10,16-17H2,1-9H3,(H,33,38)(H,34,36). The van der Waals surface area contributed by atoms with Crippen LogP contribution in [0, 0.1) is 20.8 Å². The van der Waals surface area contributed by atoms with Crippen LogP contribution in [-0.2, 0) is 14.3 Å². The molecule has 0 saturated carbocycles. The van der Waals surface area contributed by atoms with Crippen LogP contribution in [0.5, 0.6) is 0 Å². The molecule has 3 unspecified atom stereocenters. The zero-order valence-electron chi connectivity index (χ0n) is 25.2. The van der Waals surface area contributed by atoms with E-state index in [0.717, 1.165) is 16.7 Å². The Hall–Kier alpha value is -2.71. The third-order valence-electron chi connectivity index (χ3n) is 6.64. The number of ether oxygens (including phenoxy) is 1. The second kappa shape index (κ2) is 14.8. The van der Waals surface area contributed by atoms with E-state index in [2.05, 4.69) is 10.6 Å². The number of halogens is 1. The number of hydrogen-bond donors (Lipinski definition) is 2. The van der Waals surface area contributed by atoms with Crippen molar-refractivity contribution in [2.45, 2.75) is 92.0 Å². The Bertz CT molecular complexity index is 1180. The molecule has 0 fully saturated rings. The van der Waals surface area contributed by atoms with Gasteiger partial charge in [0.15, 0.2) is 0 Å². The fourth-order valence-electron chi connectivity index (χ4n) is 4.45. The Kier molecular flexibility index (Phi) is 12.4. The maximum atomic E-state index is 14.4. The minimum Gasteiger partial charge on any atom is -0.444 e. The SMILES string of the molecule is CCC(C)N(C(=O)C(CCSC)NC(=O)OC(C)(C)C)C(C(=O)Nc1c(C)cccc1Cl)c1ccc(C)cc1C. The molecule has 2 aromatic carbocycles. The molecule has 3 atom stereocenters. The van der Waals surface area contributed by atoms with Crippen molar-refractivity contribution >= 4 is 47.0 Å². The second-order valence-corrected chi connectivity index (χ2v) is 12.6. The van der Waals surface area contributed by atoms with Crippen LogP contribution in [0.3, 0.4) is 0 Å². The lowest BCUT2D eigenvalue weighted by atomic mass is 9.94. The first-order valence-electron chi connectivity index (χ1n) is 13.6. The highest BCUT2D eigenvalue weighted by Gasteiger charge is 2.39. The molecule has 0 aliphatic rings. The van der Waals surface area contributed by atoms with E-state index in [1.807, 2.05) is 71.2 Å². The van der Waals surface area contributed by atoms with Gasteiger partial charge in [-0.25, -0.2) is 4.79 Å². The summed E-state index contributed by atoms with van der Waals surface area (Å²) >= 11 is 8.04. The van der Waals surface area contributed by atoms with E-state index >= 15 is 0 Å². The number of para-hydroxylation sites is 1. The first-order chi connectivity index (χ1) is 18.7. The van der Waals surface area contributed by atoms with Crippen LogP contribution in [0.4, 0.5) is 10.5 Å². The summed E-state index contributed by atoms with van der Waals surface area (Å²) in [6.07, 6.45) is 2.26. The van der Waals surface area contributed by atoms with Crippen molar-refractivity contribution in [2.24, 2.45) is 0 Å². The third-order valence-corrected chi connectivity index (χ3v) is 7.60. The quantitative estimate of drug-likeness (QED) is 0.289. The van der Waals surface area contributed by atoms with Crippen LogP contribution >= 0.6 is 23.4 Å². The Morgan fingerprint density at radius 2 is 1.75 bits per heavy atom.